The van der Waals surface area contributed by atoms with Crippen molar-refractivity contribution in [3.05, 3.63) is 84.6 Å². The molecular formula is C23H35N5O2. The van der Waals surface area contributed by atoms with Crippen LogP contribution in [0.15, 0.2) is 78.9 Å². The molecule has 0 radical (unpaired) electrons. The van der Waals surface area contributed by atoms with Crippen LogP contribution in [0.4, 0.5) is 0 Å². The second kappa shape index (κ2) is 11.7. The molecular weight excluding hydrogens is 378 g/mol. The minimum Gasteiger partial charge on any atom is -0.497 e. The van der Waals surface area contributed by atoms with Crippen LogP contribution in [0.1, 0.15) is 26.3 Å². The maximum atomic E-state index is 12.4. The van der Waals surface area contributed by atoms with E-state index < -0.39 is 0 Å². The summed E-state index contributed by atoms with van der Waals surface area (Å²) in [5.41, 5.74) is 2.01. The lowest BCUT2D eigenvalue weighted by atomic mass is 10.3. The molecule has 30 heavy (non-hydrogen) atoms. The van der Waals surface area contributed by atoms with E-state index >= 15 is 0 Å². The number of likely N-dealkylation sites (N-methyl/N-ethyl adjacent to an activating group) is 2. The van der Waals surface area contributed by atoms with E-state index in [1.165, 1.54) is 15.6 Å². The molecule has 0 aliphatic carbocycles. The zero-order chi connectivity index (χ0) is 22.8. The lowest BCUT2D eigenvalue weighted by Gasteiger charge is -2.25. The van der Waals surface area contributed by atoms with Crippen molar-refractivity contribution >= 4 is 5.70 Å². The van der Waals surface area contributed by atoms with E-state index in [9.17, 15) is 4.79 Å². The molecule has 0 saturated heterocycles. The first-order chi connectivity index (χ1) is 14.1. The van der Waals surface area contributed by atoms with Gasteiger partial charge in [-0.2, -0.15) is 5.10 Å². The quantitative estimate of drug-likeness (QED) is 0.365. The maximum Gasteiger partial charge on any atom is 0.350 e. The number of hydrogen-bond acceptors (Lipinski definition) is 5. The third-order valence-electron chi connectivity index (χ3n) is 4.95. The highest BCUT2D eigenvalue weighted by molar-refractivity contribution is 5.54. The highest BCUT2D eigenvalue weighted by Gasteiger charge is 2.11. The summed E-state index contributed by atoms with van der Waals surface area (Å²) in [6.07, 6.45) is 9.58. The molecule has 0 aliphatic rings. The molecule has 0 fully saturated rings. The summed E-state index contributed by atoms with van der Waals surface area (Å²) in [6.45, 7) is 21.3. The number of aromatic nitrogens is 3. The molecule has 1 rings (SSSR count). The molecule has 0 aromatic carbocycles. The maximum absolute atomic E-state index is 12.4. The van der Waals surface area contributed by atoms with Crippen molar-refractivity contribution in [2.45, 2.75) is 26.3 Å². The molecule has 0 bridgehead atoms. The van der Waals surface area contributed by atoms with Gasteiger partial charge in [-0.1, -0.05) is 33.2 Å². The van der Waals surface area contributed by atoms with Gasteiger partial charge < -0.3 is 14.5 Å². The van der Waals surface area contributed by atoms with Crippen LogP contribution in [0.2, 0.25) is 0 Å². The molecule has 0 spiro atoms. The molecule has 1 atom stereocenters. The Morgan fingerprint density at radius 2 is 1.63 bits per heavy atom. The smallest absolute Gasteiger partial charge is 0.350 e. The molecule has 1 heterocycles. The normalized spacial score (nSPS) is 12.2. The summed E-state index contributed by atoms with van der Waals surface area (Å²) in [7, 11) is 5.51. The highest BCUT2D eigenvalue weighted by atomic mass is 16.5. The lowest BCUT2D eigenvalue weighted by molar-refractivity contribution is 0.308. The topological polar surface area (TPSA) is 55.5 Å². The van der Waals surface area contributed by atoms with Gasteiger partial charge in [-0.05, 0) is 37.6 Å². The zero-order valence-corrected chi connectivity index (χ0v) is 19.0. The first-order valence-corrected chi connectivity index (χ1v) is 9.86. The minimum absolute atomic E-state index is 0.0470. The van der Waals surface area contributed by atoms with Crippen molar-refractivity contribution in [3.63, 3.8) is 0 Å². The summed E-state index contributed by atoms with van der Waals surface area (Å²) < 4.78 is 7.92. The van der Waals surface area contributed by atoms with E-state index in [0.29, 0.717) is 11.5 Å². The second-order valence-corrected chi connectivity index (χ2v) is 7.14. The molecule has 0 aliphatic heterocycles. The van der Waals surface area contributed by atoms with Crippen LogP contribution in [0, 0.1) is 0 Å². The molecule has 1 aromatic heterocycles. The zero-order valence-electron chi connectivity index (χ0n) is 19.0. The molecule has 1 unspecified atom stereocenters. The van der Waals surface area contributed by atoms with Crippen molar-refractivity contribution in [1.82, 2.24) is 24.1 Å². The average Bonchev–Trinajstić information content (AvgIpc) is 3.13. The predicted octanol–water partition coefficient (Wildman–Crippen LogP) is 3.65. The first-order valence-electron chi connectivity index (χ1n) is 9.86. The van der Waals surface area contributed by atoms with E-state index in [0.717, 1.165) is 30.9 Å². The summed E-state index contributed by atoms with van der Waals surface area (Å²) in [5, 5.41) is 4.17. The molecule has 1 aromatic rings. The first kappa shape index (κ1) is 24.8. The van der Waals surface area contributed by atoms with Crippen molar-refractivity contribution in [2.24, 2.45) is 0 Å². The number of rotatable bonds is 13. The van der Waals surface area contributed by atoms with Crippen molar-refractivity contribution < 1.29 is 4.74 Å². The fourth-order valence-corrected chi connectivity index (χ4v) is 2.36. The van der Waals surface area contributed by atoms with Crippen molar-refractivity contribution in [1.29, 1.82) is 0 Å². The Kier molecular flexibility index (Phi) is 9.68. The number of allylic oxidation sites excluding steroid dienone is 5. The van der Waals surface area contributed by atoms with E-state index in [2.05, 4.69) is 31.4 Å². The molecule has 0 amide bonds. The SMILES string of the molecule is C=C(/C=C\C(=C)N(C)CCN(C)C(=C)/C=C\C(=C)n1cnn(C(C)CC)c1=O)OC. The number of hydrogen-bond donors (Lipinski definition) is 0. The minimum atomic E-state index is -0.192. The van der Waals surface area contributed by atoms with Crippen LogP contribution in [0.3, 0.4) is 0 Å². The largest absolute Gasteiger partial charge is 0.497 e. The fourth-order valence-electron chi connectivity index (χ4n) is 2.36. The Morgan fingerprint density at radius 1 is 1.10 bits per heavy atom. The molecule has 0 N–H and O–H groups in total. The predicted molar refractivity (Wildman–Crippen MR) is 125 cm³/mol. The van der Waals surface area contributed by atoms with Crippen molar-refractivity contribution in [3.8, 4) is 0 Å². The van der Waals surface area contributed by atoms with Gasteiger partial charge in [-0.3, -0.25) is 4.57 Å². The van der Waals surface area contributed by atoms with Crippen LogP contribution >= 0.6 is 0 Å². The van der Waals surface area contributed by atoms with Crippen LogP contribution < -0.4 is 5.69 Å². The summed E-state index contributed by atoms with van der Waals surface area (Å²) in [4.78, 5) is 16.5. The van der Waals surface area contributed by atoms with E-state index in [1.807, 2.05) is 49.9 Å². The van der Waals surface area contributed by atoms with Gasteiger partial charge in [-0.15, -0.1) is 0 Å². The fraction of sp³-hybridized carbons (Fsp3) is 0.391. The monoisotopic (exact) mass is 413 g/mol. The summed E-state index contributed by atoms with van der Waals surface area (Å²) >= 11 is 0. The average molecular weight is 414 g/mol. The highest BCUT2D eigenvalue weighted by Crippen LogP contribution is 2.09. The number of ether oxygens (including phenoxy) is 1. The Hall–Kier alpha value is -3.22. The summed E-state index contributed by atoms with van der Waals surface area (Å²) in [5.74, 6) is 0.578. The standard InChI is InChI=1S/C23H35N5O2/c1-10-18(2)28-23(29)27(17-24-28)21(5)12-11-19(3)25(7)15-16-26(8)20(4)13-14-22(6)30-9/h11-14,17-18H,3-6,10,15-16H2,1-2,7-9H3/b12-11-,14-13-. The van der Waals surface area contributed by atoms with Gasteiger partial charge in [0.25, 0.3) is 0 Å². The Morgan fingerprint density at radius 3 is 2.13 bits per heavy atom. The van der Waals surface area contributed by atoms with Gasteiger partial charge >= 0.3 is 5.69 Å². The number of methoxy groups -OCH3 is 1. The Labute approximate surface area is 180 Å². The number of nitrogens with zero attached hydrogens (tertiary/aromatic N) is 5. The van der Waals surface area contributed by atoms with Gasteiger partial charge in [0.15, 0.2) is 0 Å². The van der Waals surface area contributed by atoms with Gasteiger partial charge in [0, 0.05) is 44.3 Å². The third kappa shape index (κ3) is 6.99. The summed E-state index contributed by atoms with van der Waals surface area (Å²) in [6, 6.07) is 0.0470. The van der Waals surface area contributed by atoms with Crippen LogP contribution in [-0.4, -0.2) is 58.4 Å². The second-order valence-electron chi connectivity index (χ2n) is 7.14. The van der Waals surface area contributed by atoms with Gasteiger partial charge in [0.1, 0.15) is 12.1 Å². The van der Waals surface area contributed by atoms with Crippen LogP contribution in [0.25, 0.3) is 5.70 Å². The van der Waals surface area contributed by atoms with E-state index in [-0.39, 0.29) is 11.7 Å². The Balaban J connectivity index is 2.62. The molecule has 0 saturated carbocycles. The van der Waals surface area contributed by atoms with Crippen LogP contribution in [-0.2, 0) is 4.74 Å². The van der Waals surface area contributed by atoms with Gasteiger partial charge in [0.2, 0.25) is 0 Å². The lowest BCUT2D eigenvalue weighted by Crippen LogP contribution is -2.29. The third-order valence-corrected chi connectivity index (χ3v) is 4.95. The molecule has 7 heteroatoms. The molecule has 164 valence electrons. The van der Waals surface area contributed by atoms with E-state index in [4.69, 9.17) is 4.74 Å². The Bertz CT molecular complexity index is 888. The molecule has 7 nitrogen and oxygen atoms in total. The van der Waals surface area contributed by atoms with Gasteiger partial charge in [0.05, 0.1) is 13.2 Å². The van der Waals surface area contributed by atoms with Crippen LogP contribution in [0.5, 0.6) is 0 Å². The van der Waals surface area contributed by atoms with E-state index in [1.54, 1.807) is 19.3 Å². The van der Waals surface area contributed by atoms with Crippen molar-refractivity contribution in [2.75, 3.05) is 34.3 Å². The van der Waals surface area contributed by atoms with Gasteiger partial charge in [-0.25, -0.2) is 9.48 Å².